The highest BCUT2D eigenvalue weighted by Gasteiger charge is 2.35. The summed E-state index contributed by atoms with van der Waals surface area (Å²) >= 11 is 1.53. The summed E-state index contributed by atoms with van der Waals surface area (Å²) in [5.74, 6) is -0.468. The van der Waals surface area contributed by atoms with Crippen molar-refractivity contribution in [1.29, 1.82) is 0 Å². The molecular formula is C18H14FN3OS. The first-order valence-electron chi connectivity index (χ1n) is 7.50. The molecule has 3 aromatic rings. The van der Waals surface area contributed by atoms with E-state index in [0.29, 0.717) is 11.3 Å². The molecule has 0 saturated heterocycles. The van der Waals surface area contributed by atoms with Gasteiger partial charge in [-0.1, -0.05) is 12.1 Å². The first-order chi connectivity index (χ1) is 11.6. The van der Waals surface area contributed by atoms with Crippen molar-refractivity contribution in [3.63, 3.8) is 0 Å². The van der Waals surface area contributed by atoms with Gasteiger partial charge in [0, 0.05) is 16.8 Å². The number of rotatable bonds is 2. The van der Waals surface area contributed by atoms with E-state index in [1.54, 1.807) is 23.1 Å². The summed E-state index contributed by atoms with van der Waals surface area (Å²) in [4.78, 5) is 19.2. The number of hydrogen-bond acceptors (Lipinski definition) is 4. The number of hydrogen-bond donors (Lipinski definition) is 1. The maximum absolute atomic E-state index is 13.3. The summed E-state index contributed by atoms with van der Waals surface area (Å²) in [5, 5.41) is 6.24. The van der Waals surface area contributed by atoms with Gasteiger partial charge in [0.2, 0.25) is 0 Å². The number of carbonyl (C=O) groups excluding carboxylic acids is 1. The average Bonchev–Trinajstić information content (AvgIpc) is 3.02. The van der Waals surface area contributed by atoms with Crippen molar-refractivity contribution in [3.05, 3.63) is 76.0 Å². The lowest BCUT2D eigenvalue weighted by Crippen LogP contribution is -2.43. The molecule has 0 spiro atoms. The zero-order valence-electron chi connectivity index (χ0n) is 12.9. The van der Waals surface area contributed by atoms with Gasteiger partial charge >= 0.3 is 0 Å². The van der Waals surface area contributed by atoms with Gasteiger partial charge in [-0.3, -0.25) is 9.69 Å². The Kier molecular flexibility index (Phi) is 3.54. The highest BCUT2D eigenvalue weighted by atomic mass is 32.1. The molecule has 120 valence electrons. The Balaban J connectivity index is 1.85. The van der Waals surface area contributed by atoms with Gasteiger partial charge in [0.05, 0.1) is 16.3 Å². The molecule has 0 saturated carbocycles. The van der Waals surface area contributed by atoms with Crippen molar-refractivity contribution in [1.82, 2.24) is 4.98 Å². The number of para-hydroxylation sites is 1. The Morgan fingerprint density at radius 1 is 1.17 bits per heavy atom. The number of halogens is 1. The third-order valence-electron chi connectivity index (χ3n) is 3.95. The topological polar surface area (TPSA) is 45.2 Å². The first-order valence-corrected chi connectivity index (χ1v) is 8.38. The fourth-order valence-electron chi connectivity index (χ4n) is 2.83. The van der Waals surface area contributed by atoms with Gasteiger partial charge < -0.3 is 5.32 Å². The van der Waals surface area contributed by atoms with Crippen LogP contribution >= 0.6 is 11.3 Å². The van der Waals surface area contributed by atoms with Crippen LogP contribution in [0.4, 0.5) is 15.8 Å². The molecule has 0 fully saturated rings. The van der Waals surface area contributed by atoms with Crippen molar-refractivity contribution in [2.75, 3.05) is 10.2 Å². The number of benzene rings is 2. The third kappa shape index (κ3) is 2.45. The van der Waals surface area contributed by atoms with E-state index in [0.717, 1.165) is 16.4 Å². The summed E-state index contributed by atoms with van der Waals surface area (Å²) in [6.45, 7) is 1.93. The molecule has 1 atom stereocenters. The molecule has 0 unspecified atom stereocenters. The first kappa shape index (κ1) is 14.8. The predicted octanol–water partition coefficient (Wildman–Crippen LogP) is 4.36. The van der Waals surface area contributed by atoms with Gasteiger partial charge in [-0.25, -0.2) is 9.37 Å². The molecule has 4 nitrogen and oxygen atoms in total. The van der Waals surface area contributed by atoms with Crippen LogP contribution in [-0.4, -0.2) is 10.9 Å². The summed E-state index contributed by atoms with van der Waals surface area (Å²) in [6, 6.07) is 13.3. The van der Waals surface area contributed by atoms with E-state index in [9.17, 15) is 9.18 Å². The number of carbonyl (C=O) groups is 1. The van der Waals surface area contributed by atoms with E-state index < -0.39 is 6.17 Å². The van der Waals surface area contributed by atoms with E-state index >= 15 is 0 Å². The summed E-state index contributed by atoms with van der Waals surface area (Å²) in [6.07, 6.45) is -0.428. The SMILES string of the molecule is Cc1nc([C@@H]2Nc3ccccc3C(=O)N2c2ccc(F)cc2)cs1. The van der Waals surface area contributed by atoms with Gasteiger partial charge in [0.1, 0.15) is 5.82 Å². The van der Waals surface area contributed by atoms with E-state index in [2.05, 4.69) is 10.3 Å². The minimum atomic E-state index is -0.428. The Hall–Kier alpha value is -2.73. The van der Waals surface area contributed by atoms with Crippen LogP contribution in [0.3, 0.4) is 0 Å². The summed E-state index contributed by atoms with van der Waals surface area (Å²) in [5.41, 5.74) is 2.75. The lowest BCUT2D eigenvalue weighted by Gasteiger charge is -2.37. The van der Waals surface area contributed by atoms with Gasteiger partial charge in [-0.05, 0) is 43.3 Å². The van der Waals surface area contributed by atoms with Gasteiger partial charge in [-0.2, -0.15) is 0 Å². The second-order valence-electron chi connectivity index (χ2n) is 5.54. The van der Waals surface area contributed by atoms with Gasteiger partial charge in [-0.15, -0.1) is 11.3 Å². The van der Waals surface area contributed by atoms with E-state index in [-0.39, 0.29) is 11.7 Å². The third-order valence-corrected chi connectivity index (χ3v) is 4.74. The molecule has 1 N–H and O–H groups in total. The second-order valence-corrected chi connectivity index (χ2v) is 6.60. The maximum atomic E-state index is 13.3. The lowest BCUT2D eigenvalue weighted by molar-refractivity contribution is 0.0974. The Labute approximate surface area is 142 Å². The minimum Gasteiger partial charge on any atom is -0.359 e. The van der Waals surface area contributed by atoms with Crippen molar-refractivity contribution in [2.45, 2.75) is 13.1 Å². The monoisotopic (exact) mass is 339 g/mol. The molecule has 2 heterocycles. The zero-order chi connectivity index (χ0) is 16.7. The number of aryl methyl sites for hydroxylation is 1. The number of nitrogens with one attached hydrogen (secondary N) is 1. The van der Waals surface area contributed by atoms with Crippen LogP contribution in [0.5, 0.6) is 0 Å². The predicted molar refractivity (Wildman–Crippen MR) is 92.9 cm³/mol. The molecule has 1 aliphatic rings. The highest BCUT2D eigenvalue weighted by Crippen LogP contribution is 2.36. The summed E-state index contributed by atoms with van der Waals surface area (Å²) in [7, 11) is 0. The Morgan fingerprint density at radius 3 is 2.62 bits per heavy atom. The fourth-order valence-corrected chi connectivity index (χ4v) is 3.47. The second kappa shape index (κ2) is 5.72. The average molecular weight is 339 g/mol. The lowest BCUT2D eigenvalue weighted by atomic mass is 10.1. The Bertz CT molecular complexity index is 907. The number of nitrogens with zero attached hydrogens (tertiary/aromatic N) is 2. The van der Waals surface area contributed by atoms with E-state index in [1.807, 2.05) is 30.5 Å². The molecular weight excluding hydrogens is 325 g/mol. The Morgan fingerprint density at radius 2 is 1.92 bits per heavy atom. The quantitative estimate of drug-likeness (QED) is 0.754. The van der Waals surface area contributed by atoms with Crippen molar-refractivity contribution in [2.24, 2.45) is 0 Å². The fraction of sp³-hybridized carbons (Fsp3) is 0.111. The van der Waals surface area contributed by atoms with Crippen LogP contribution in [0.2, 0.25) is 0 Å². The molecule has 24 heavy (non-hydrogen) atoms. The minimum absolute atomic E-state index is 0.133. The molecule has 0 aliphatic carbocycles. The number of anilines is 2. The smallest absolute Gasteiger partial charge is 0.262 e. The number of fused-ring (bicyclic) bond motifs is 1. The van der Waals surface area contributed by atoms with Gasteiger partial charge in [0.25, 0.3) is 5.91 Å². The van der Waals surface area contributed by atoms with E-state index in [4.69, 9.17) is 0 Å². The molecule has 6 heteroatoms. The summed E-state index contributed by atoms with van der Waals surface area (Å²) < 4.78 is 13.3. The molecule has 4 rings (SSSR count). The van der Waals surface area contributed by atoms with Crippen LogP contribution in [-0.2, 0) is 0 Å². The van der Waals surface area contributed by atoms with Crippen LogP contribution < -0.4 is 10.2 Å². The number of aromatic nitrogens is 1. The molecule has 1 aromatic heterocycles. The van der Waals surface area contributed by atoms with Crippen molar-refractivity contribution in [3.8, 4) is 0 Å². The van der Waals surface area contributed by atoms with E-state index in [1.165, 1.54) is 23.5 Å². The normalized spacial score (nSPS) is 16.7. The number of thiazole rings is 1. The molecule has 1 aliphatic heterocycles. The van der Waals surface area contributed by atoms with Gasteiger partial charge in [0.15, 0.2) is 6.17 Å². The molecule has 2 aromatic carbocycles. The van der Waals surface area contributed by atoms with Crippen LogP contribution in [0, 0.1) is 12.7 Å². The molecule has 0 radical (unpaired) electrons. The van der Waals surface area contributed by atoms with Crippen LogP contribution in [0.25, 0.3) is 0 Å². The van der Waals surface area contributed by atoms with Crippen LogP contribution in [0.15, 0.2) is 53.9 Å². The van der Waals surface area contributed by atoms with Crippen molar-refractivity contribution >= 4 is 28.6 Å². The highest BCUT2D eigenvalue weighted by molar-refractivity contribution is 7.09. The number of amides is 1. The zero-order valence-corrected chi connectivity index (χ0v) is 13.7. The molecule has 1 amide bonds. The van der Waals surface area contributed by atoms with Crippen molar-refractivity contribution < 1.29 is 9.18 Å². The largest absolute Gasteiger partial charge is 0.359 e. The standard InChI is InChI=1S/C18H14FN3OS/c1-11-20-16(10-24-11)17-21-15-5-3-2-4-14(15)18(23)22(17)13-8-6-12(19)7-9-13/h2-10,17,21H,1H3/t17-/m1/s1. The maximum Gasteiger partial charge on any atom is 0.262 e. The molecule has 0 bridgehead atoms. The van der Waals surface area contributed by atoms with Crippen LogP contribution in [0.1, 0.15) is 27.2 Å².